The number of carbonyl (C=O) groups is 2. The minimum atomic E-state index is -0.713. The van der Waals surface area contributed by atoms with E-state index in [1.165, 1.54) is 23.0 Å². The second-order valence-corrected chi connectivity index (χ2v) is 10.8. The van der Waals surface area contributed by atoms with Gasteiger partial charge in [0, 0.05) is 10.0 Å². The minimum Gasteiger partial charge on any atom is -0.493 e. The molecule has 0 radical (unpaired) electrons. The summed E-state index contributed by atoms with van der Waals surface area (Å²) in [6.45, 7) is 7.24. The molecular formula is C29H29BrN2O7S. The topological polar surface area (TPSA) is 105 Å². The van der Waals surface area contributed by atoms with Gasteiger partial charge in [-0.2, -0.15) is 0 Å². The van der Waals surface area contributed by atoms with Crippen LogP contribution in [0.5, 0.6) is 11.5 Å². The lowest BCUT2D eigenvalue weighted by atomic mass is 9.95. The van der Waals surface area contributed by atoms with Crippen LogP contribution in [0.3, 0.4) is 0 Å². The van der Waals surface area contributed by atoms with E-state index in [4.69, 9.17) is 18.9 Å². The van der Waals surface area contributed by atoms with E-state index >= 15 is 0 Å². The number of methoxy groups -OCH3 is 1. The molecule has 0 amide bonds. The zero-order valence-electron chi connectivity index (χ0n) is 22.8. The first kappa shape index (κ1) is 29.3. The summed E-state index contributed by atoms with van der Waals surface area (Å²) >= 11 is 4.66. The molecule has 9 nitrogen and oxygen atoms in total. The van der Waals surface area contributed by atoms with Crippen LogP contribution in [0.25, 0.3) is 6.08 Å². The number of allylic oxidation sites excluding steroid dienone is 1. The van der Waals surface area contributed by atoms with Crippen LogP contribution in [0.1, 0.15) is 43.5 Å². The van der Waals surface area contributed by atoms with Crippen molar-refractivity contribution in [2.24, 2.45) is 4.99 Å². The van der Waals surface area contributed by atoms with Gasteiger partial charge in [-0.3, -0.25) is 9.36 Å². The van der Waals surface area contributed by atoms with Gasteiger partial charge in [0.2, 0.25) is 0 Å². The number of nitrogens with zero attached hydrogens (tertiary/aromatic N) is 2. The number of benzene rings is 2. The molecule has 0 saturated carbocycles. The van der Waals surface area contributed by atoms with Crippen LogP contribution < -0.4 is 24.4 Å². The summed E-state index contributed by atoms with van der Waals surface area (Å²) in [4.78, 5) is 44.1. The Morgan fingerprint density at radius 2 is 1.80 bits per heavy atom. The number of halogens is 1. The average Bonchev–Trinajstić information content (AvgIpc) is 3.21. The maximum absolute atomic E-state index is 14.0. The van der Waals surface area contributed by atoms with Gasteiger partial charge in [0.1, 0.15) is 0 Å². The molecule has 2 aromatic carbocycles. The van der Waals surface area contributed by atoms with E-state index in [1.807, 2.05) is 31.2 Å². The largest absolute Gasteiger partial charge is 0.493 e. The molecule has 1 aliphatic rings. The van der Waals surface area contributed by atoms with E-state index in [1.54, 1.807) is 39.0 Å². The Morgan fingerprint density at radius 3 is 2.45 bits per heavy atom. The maximum atomic E-state index is 14.0. The van der Waals surface area contributed by atoms with Gasteiger partial charge in [-0.15, -0.1) is 0 Å². The molecule has 210 valence electrons. The second-order valence-electron chi connectivity index (χ2n) is 8.83. The molecule has 11 heteroatoms. The zero-order valence-corrected chi connectivity index (χ0v) is 25.2. The summed E-state index contributed by atoms with van der Waals surface area (Å²) in [6.07, 6.45) is 1.66. The fourth-order valence-corrected chi connectivity index (χ4v) is 5.82. The molecule has 0 aliphatic carbocycles. The number of carbonyl (C=O) groups excluding carboxylic acids is 2. The molecule has 1 atom stereocenters. The molecule has 0 bridgehead atoms. The molecule has 0 N–H and O–H groups in total. The lowest BCUT2D eigenvalue weighted by Crippen LogP contribution is -2.39. The molecular weight excluding hydrogens is 600 g/mol. The number of hydrogen-bond acceptors (Lipinski definition) is 9. The Morgan fingerprint density at radius 1 is 1.10 bits per heavy atom. The second kappa shape index (κ2) is 12.6. The smallest absolute Gasteiger partial charge is 0.344 e. The van der Waals surface area contributed by atoms with E-state index in [0.717, 1.165) is 11.1 Å². The van der Waals surface area contributed by atoms with Crippen LogP contribution in [0, 0.1) is 6.92 Å². The molecule has 4 rings (SSSR count). The number of ether oxygens (including phenoxy) is 4. The van der Waals surface area contributed by atoms with Crippen LogP contribution in [-0.4, -0.2) is 43.4 Å². The molecule has 40 heavy (non-hydrogen) atoms. The Bertz CT molecular complexity index is 1650. The first-order chi connectivity index (χ1) is 19.2. The summed E-state index contributed by atoms with van der Waals surface area (Å²) in [5.74, 6) is -0.397. The van der Waals surface area contributed by atoms with Gasteiger partial charge in [-0.05, 0) is 51.5 Å². The lowest BCUT2D eigenvalue weighted by Gasteiger charge is -2.24. The third-order valence-electron chi connectivity index (χ3n) is 6.10. The number of esters is 2. The van der Waals surface area contributed by atoms with Gasteiger partial charge in [0.15, 0.2) is 22.9 Å². The zero-order chi connectivity index (χ0) is 29.0. The van der Waals surface area contributed by atoms with Gasteiger partial charge >= 0.3 is 11.9 Å². The van der Waals surface area contributed by atoms with Crippen molar-refractivity contribution in [2.45, 2.75) is 33.7 Å². The standard InChI is InChI=1S/C29H29BrN2O7S/c1-6-37-23(33)15-39-26-19(12-20(30)14-21(26)36-5)13-22-27(34)32-25(18-10-8-16(3)9-11-18)24(28(35)38-7-2)17(4)31-29(32)40-22/h8-14,25H,6-7,15H2,1-5H3/b22-13-/t25-/m0/s1. The fourth-order valence-electron chi connectivity index (χ4n) is 4.33. The number of fused-ring (bicyclic) bond motifs is 1. The fraction of sp³-hybridized carbons (Fsp3) is 0.310. The molecule has 1 aromatic heterocycles. The third-order valence-corrected chi connectivity index (χ3v) is 7.55. The van der Waals surface area contributed by atoms with Crippen molar-refractivity contribution in [2.75, 3.05) is 26.9 Å². The first-order valence-corrected chi connectivity index (χ1v) is 14.2. The number of hydrogen-bond donors (Lipinski definition) is 0. The Kier molecular flexibility index (Phi) is 9.26. The van der Waals surface area contributed by atoms with Gasteiger partial charge in [0.25, 0.3) is 5.56 Å². The lowest BCUT2D eigenvalue weighted by molar-refractivity contribution is -0.145. The summed E-state index contributed by atoms with van der Waals surface area (Å²) in [6, 6.07) is 10.4. The van der Waals surface area contributed by atoms with Crippen molar-refractivity contribution in [3.05, 3.63) is 88.5 Å². The molecule has 0 spiro atoms. The van der Waals surface area contributed by atoms with Crippen LogP contribution >= 0.6 is 27.3 Å². The Balaban J connectivity index is 1.91. The highest BCUT2D eigenvalue weighted by molar-refractivity contribution is 9.10. The minimum absolute atomic E-state index is 0.194. The molecule has 3 aromatic rings. The molecule has 1 aliphatic heterocycles. The highest BCUT2D eigenvalue weighted by atomic mass is 79.9. The summed E-state index contributed by atoms with van der Waals surface area (Å²) in [5.41, 5.74) is 2.78. The monoisotopic (exact) mass is 628 g/mol. The number of rotatable bonds is 9. The SMILES string of the molecule is CCOC(=O)COc1c(/C=c2\sc3n(c2=O)[C@@H](c2ccc(C)cc2)C(C(=O)OCC)=C(C)N=3)cc(Br)cc1OC. The van der Waals surface area contributed by atoms with Gasteiger partial charge in [-0.1, -0.05) is 57.1 Å². The first-order valence-electron chi connectivity index (χ1n) is 12.6. The molecule has 0 unspecified atom stereocenters. The van der Waals surface area contributed by atoms with E-state index in [0.29, 0.717) is 36.4 Å². The highest BCUT2D eigenvalue weighted by Crippen LogP contribution is 2.36. The van der Waals surface area contributed by atoms with Crippen molar-refractivity contribution in [1.29, 1.82) is 0 Å². The maximum Gasteiger partial charge on any atom is 0.344 e. The Labute approximate surface area is 243 Å². The summed E-state index contributed by atoms with van der Waals surface area (Å²) < 4.78 is 24.2. The predicted molar refractivity (Wildman–Crippen MR) is 154 cm³/mol. The number of aryl methyl sites for hydroxylation is 1. The van der Waals surface area contributed by atoms with Crippen molar-refractivity contribution in [3.63, 3.8) is 0 Å². The molecule has 2 heterocycles. The number of aromatic nitrogens is 1. The van der Waals surface area contributed by atoms with E-state index in [-0.39, 0.29) is 31.1 Å². The highest BCUT2D eigenvalue weighted by Gasteiger charge is 2.33. The Hall–Kier alpha value is -3.70. The van der Waals surface area contributed by atoms with Gasteiger partial charge in [-0.25, -0.2) is 14.6 Å². The van der Waals surface area contributed by atoms with E-state index in [2.05, 4.69) is 20.9 Å². The number of thiazole rings is 1. The van der Waals surface area contributed by atoms with Crippen LogP contribution in [0.4, 0.5) is 0 Å². The van der Waals surface area contributed by atoms with Crippen LogP contribution in [0.2, 0.25) is 0 Å². The predicted octanol–water partition coefficient (Wildman–Crippen LogP) is 3.82. The van der Waals surface area contributed by atoms with E-state index < -0.39 is 18.0 Å². The quantitative estimate of drug-likeness (QED) is 0.332. The normalized spacial score (nSPS) is 14.8. The van der Waals surface area contributed by atoms with Crippen molar-refractivity contribution >= 4 is 45.3 Å². The van der Waals surface area contributed by atoms with Crippen LogP contribution in [0.15, 0.2) is 61.9 Å². The molecule has 0 fully saturated rings. The van der Waals surface area contributed by atoms with Crippen LogP contribution in [-0.2, 0) is 19.1 Å². The average molecular weight is 630 g/mol. The third kappa shape index (κ3) is 6.05. The summed E-state index contributed by atoms with van der Waals surface area (Å²) in [5, 5.41) is 0. The van der Waals surface area contributed by atoms with Crippen molar-refractivity contribution in [1.82, 2.24) is 4.57 Å². The van der Waals surface area contributed by atoms with Gasteiger partial charge in [0.05, 0.1) is 42.2 Å². The summed E-state index contributed by atoms with van der Waals surface area (Å²) in [7, 11) is 1.48. The van der Waals surface area contributed by atoms with Crippen molar-refractivity contribution < 1.29 is 28.5 Å². The van der Waals surface area contributed by atoms with Gasteiger partial charge < -0.3 is 18.9 Å². The van der Waals surface area contributed by atoms with E-state index in [9.17, 15) is 14.4 Å². The molecule has 0 saturated heterocycles. The van der Waals surface area contributed by atoms with Crippen molar-refractivity contribution in [3.8, 4) is 11.5 Å².